The van der Waals surface area contributed by atoms with Crippen molar-refractivity contribution in [3.05, 3.63) is 24.3 Å². The number of hydrogen-bond acceptors (Lipinski definition) is 4. The highest BCUT2D eigenvalue weighted by molar-refractivity contribution is 5.57. The molecule has 0 spiro atoms. The predicted octanol–water partition coefficient (Wildman–Crippen LogP) is 2.47. The van der Waals surface area contributed by atoms with Gasteiger partial charge in [0.15, 0.2) is 0 Å². The summed E-state index contributed by atoms with van der Waals surface area (Å²) < 4.78 is 5.40. The number of rotatable bonds is 7. The summed E-state index contributed by atoms with van der Waals surface area (Å²) in [6.45, 7) is 3.92. The maximum atomic E-state index is 5.40. The van der Waals surface area contributed by atoms with Gasteiger partial charge in [0.1, 0.15) is 0 Å². The van der Waals surface area contributed by atoms with Crippen LogP contribution >= 0.6 is 0 Å². The number of hydrogen-bond donors (Lipinski definition) is 1. The van der Waals surface area contributed by atoms with Crippen LogP contribution in [0.15, 0.2) is 18.2 Å². The Morgan fingerprint density at radius 2 is 2.00 bits per heavy atom. The average Bonchev–Trinajstić information content (AvgIpc) is 2.48. The Hall–Kier alpha value is -1.26. The maximum absolute atomic E-state index is 5.40. The molecule has 0 atom stereocenters. The van der Waals surface area contributed by atoms with Crippen LogP contribution in [0.25, 0.3) is 0 Å². The van der Waals surface area contributed by atoms with E-state index in [0.717, 1.165) is 44.8 Å². The van der Waals surface area contributed by atoms with Crippen LogP contribution in [0.2, 0.25) is 0 Å². The molecule has 1 aliphatic heterocycles. The van der Waals surface area contributed by atoms with Gasteiger partial charge < -0.3 is 19.9 Å². The highest BCUT2D eigenvalue weighted by atomic mass is 16.5. The van der Waals surface area contributed by atoms with Crippen LogP contribution in [0.3, 0.4) is 0 Å². The third-order valence-corrected chi connectivity index (χ3v) is 3.91. The minimum absolute atomic E-state index is 0.518. The van der Waals surface area contributed by atoms with E-state index in [9.17, 15) is 0 Å². The van der Waals surface area contributed by atoms with Gasteiger partial charge in [-0.2, -0.15) is 0 Å². The molecule has 1 aromatic carbocycles. The third kappa shape index (κ3) is 5.56. The zero-order valence-electron chi connectivity index (χ0n) is 13.6. The van der Waals surface area contributed by atoms with Gasteiger partial charge in [-0.3, -0.25) is 0 Å². The van der Waals surface area contributed by atoms with Crippen molar-refractivity contribution in [3.8, 4) is 0 Å². The first kappa shape index (κ1) is 16.1. The van der Waals surface area contributed by atoms with Crippen LogP contribution in [0, 0.1) is 6.07 Å². The molecule has 4 heteroatoms. The zero-order valence-corrected chi connectivity index (χ0v) is 13.6. The van der Waals surface area contributed by atoms with E-state index in [1.807, 2.05) is 6.07 Å². The maximum Gasteiger partial charge on any atom is 0.0485 e. The summed E-state index contributed by atoms with van der Waals surface area (Å²) in [6, 6.07) is 10.2. The summed E-state index contributed by atoms with van der Waals surface area (Å²) in [4.78, 5) is 4.54. The average molecular weight is 290 g/mol. The Bertz CT molecular complexity index is 416. The van der Waals surface area contributed by atoms with Crippen molar-refractivity contribution in [1.29, 1.82) is 0 Å². The lowest BCUT2D eigenvalue weighted by Crippen LogP contribution is -2.28. The molecule has 21 heavy (non-hydrogen) atoms. The van der Waals surface area contributed by atoms with Crippen LogP contribution in [-0.4, -0.2) is 58.4 Å². The van der Waals surface area contributed by atoms with Crippen molar-refractivity contribution >= 4 is 11.4 Å². The van der Waals surface area contributed by atoms with Crippen molar-refractivity contribution < 1.29 is 4.74 Å². The highest BCUT2D eigenvalue weighted by Gasteiger charge is 2.13. The molecular weight excluding hydrogens is 262 g/mol. The van der Waals surface area contributed by atoms with Crippen molar-refractivity contribution in [1.82, 2.24) is 4.90 Å². The van der Waals surface area contributed by atoms with Gasteiger partial charge >= 0.3 is 0 Å². The molecule has 2 rings (SSSR count). The molecule has 0 saturated carbocycles. The van der Waals surface area contributed by atoms with Crippen LogP contribution < -0.4 is 10.2 Å². The van der Waals surface area contributed by atoms with E-state index in [2.05, 4.69) is 54.5 Å². The van der Waals surface area contributed by atoms with Crippen LogP contribution in [0.4, 0.5) is 11.4 Å². The second kappa shape index (κ2) is 8.25. The topological polar surface area (TPSA) is 27.7 Å². The Morgan fingerprint density at radius 1 is 1.24 bits per heavy atom. The summed E-state index contributed by atoms with van der Waals surface area (Å²) in [5, 5.41) is 3.58. The molecule has 1 fully saturated rings. The van der Waals surface area contributed by atoms with Gasteiger partial charge in [0, 0.05) is 50.3 Å². The van der Waals surface area contributed by atoms with Crippen LogP contribution in [-0.2, 0) is 4.74 Å². The van der Waals surface area contributed by atoms with Gasteiger partial charge in [0.25, 0.3) is 0 Å². The lowest BCUT2D eigenvalue weighted by molar-refractivity contribution is 0.0904. The van der Waals surface area contributed by atoms with Crippen molar-refractivity contribution in [2.75, 3.05) is 57.7 Å². The van der Waals surface area contributed by atoms with E-state index in [1.54, 1.807) is 0 Å². The predicted molar refractivity (Wildman–Crippen MR) is 89.2 cm³/mol. The molecular formula is C17H28N3O. The van der Waals surface area contributed by atoms with E-state index in [0.29, 0.717) is 6.04 Å². The molecule has 0 bridgehead atoms. The molecule has 1 radical (unpaired) electrons. The molecule has 0 unspecified atom stereocenters. The number of anilines is 2. The summed E-state index contributed by atoms with van der Waals surface area (Å²) in [5.74, 6) is 0. The van der Waals surface area contributed by atoms with Gasteiger partial charge in [-0.05, 0) is 52.0 Å². The monoisotopic (exact) mass is 290 g/mol. The second-order valence-electron chi connectivity index (χ2n) is 6.07. The Morgan fingerprint density at radius 3 is 2.71 bits per heavy atom. The van der Waals surface area contributed by atoms with E-state index in [4.69, 9.17) is 4.74 Å². The van der Waals surface area contributed by atoms with Gasteiger partial charge in [0.05, 0.1) is 0 Å². The smallest absolute Gasteiger partial charge is 0.0485 e. The summed E-state index contributed by atoms with van der Waals surface area (Å²) in [6.07, 6.45) is 3.33. The number of ether oxygens (including phenoxy) is 1. The minimum Gasteiger partial charge on any atom is -0.382 e. The van der Waals surface area contributed by atoms with Crippen molar-refractivity contribution in [2.45, 2.75) is 25.3 Å². The van der Waals surface area contributed by atoms with Crippen LogP contribution in [0.5, 0.6) is 0 Å². The lowest BCUT2D eigenvalue weighted by Gasteiger charge is -2.25. The van der Waals surface area contributed by atoms with E-state index in [-0.39, 0.29) is 0 Å². The molecule has 1 aliphatic rings. The van der Waals surface area contributed by atoms with Crippen molar-refractivity contribution in [2.24, 2.45) is 0 Å². The fourth-order valence-corrected chi connectivity index (χ4v) is 2.59. The first-order valence-corrected chi connectivity index (χ1v) is 7.87. The minimum atomic E-state index is 0.518. The number of nitrogens with zero attached hydrogens (tertiary/aromatic N) is 2. The molecule has 0 aliphatic carbocycles. The van der Waals surface area contributed by atoms with Crippen LogP contribution in [0.1, 0.15) is 19.3 Å². The quantitative estimate of drug-likeness (QED) is 0.835. The molecule has 1 aromatic rings. The summed E-state index contributed by atoms with van der Waals surface area (Å²) in [5.41, 5.74) is 2.35. The normalized spacial score (nSPS) is 16.2. The fourth-order valence-electron chi connectivity index (χ4n) is 2.59. The second-order valence-corrected chi connectivity index (χ2v) is 6.07. The van der Waals surface area contributed by atoms with E-state index >= 15 is 0 Å². The Kier molecular flexibility index (Phi) is 6.33. The van der Waals surface area contributed by atoms with Gasteiger partial charge in [-0.15, -0.1) is 0 Å². The van der Waals surface area contributed by atoms with E-state index < -0.39 is 0 Å². The molecule has 117 valence electrons. The molecule has 0 aromatic heterocycles. The summed E-state index contributed by atoms with van der Waals surface area (Å²) in [7, 11) is 6.39. The number of benzene rings is 1. The largest absolute Gasteiger partial charge is 0.382 e. The third-order valence-electron chi connectivity index (χ3n) is 3.91. The Balaban J connectivity index is 1.87. The molecule has 1 saturated heterocycles. The highest BCUT2D eigenvalue weighted by Crippen LogP contribution is 2.20. The zero-order chi connectivity index (χ0) is 15.1. The summed E-state index contributed by atoms with van der Waals surface area (Å²) >= 11 is 0. The number of nitrogens with one attached hydrogen (secondary N) is 1. The van der Waals surface area contributed by atoms with Gasteiger partial charge in [-0.25, -0.2) is 0 Å². The van der Waals surface area contributed by atoms with Gasteiger partial charge in [0.2, 0.25) is 0 Å². The fraction of sp³-hybridized carbons (Fsp3) is 0.647. The Labute approximate surface area is 129 Å². The molecule has 1 N–H and O–H groups in total. The standard InChI is InChI=1S/C17H28N3O/c1-19(2)10-5-11-20(3)17-7-4-6-16(14-17)18-15-8-12-21-13-9-15/h4,7,14-15,18H,5,8-13H2,1-3H3. The SMILES string of the molecule is CN(C)CCCN(C)c1cc[c]c(NC2CCOCC2)c1. The van der Waals surface area contributed by atoms with Gasteiger partial charge in [-0.1, -0.05) is 6.07 Å². The van der Waals surface area contributed by atoms with Crippen molar-refractivity contribution in [3.63, 3.8) is 0 Å². The first-order chi connectivity index (χ1) is 10.1. The lowest BCUT2D eigenvalue weighted by atomic mass is 10.1. The first-order valence-electron chi connectivity index (χ1n) is 7.87. The molecule has 1 heterocycles. The molecule has 0 amide bonds. The molecule has 4 nitrogen and oxygen atoms in total. The van der Waals surface area contributed by atoms with E-state index in [1.165, 1.54) is 12.1 Å².